The monoisotopic (exact) mass is 380 g/mol. The van der Waals surface area contributed by atoms with E-state index < -0.39 is 0 Å². The Morgan fingerprint density at radius 2 is 1.08 bits per heavy atom. The summed E-state index contributed by atoms with van der Waals surface area (Å²) in [5.74, 6) is 1.93. The van der Waals surface area contributed by atoms with Gasteiger partial charge in [-0.15, -0.1) is 0 Å². The molecule has 2 aromatic rings. The molecule has 26 heavy (non-hydrogen) atoms. The van der Waals surface area contributed by atoms with Gasteiger partial charge in [0.1, 0.15) is 0 Å². The molecule has 0 radical (unpaired) electrons. The number of fused-ring (bicyclic) bond motifs is 2. The maximum atomic E-state index is 4.37. The molecule has 2 aromatic carbocycles. The molecule has 0 atom stereocenters. The fourth-order valence-corrected chi connectivity index (χ4v) is 4.85. The summed E-state index contributed by atoms with van der Waals surface area (Å²) in [7, 11) is 0. The van der Waals surface area contributed by atoms with Crippen LogP contribution < -0.4 is 0 Å². The van der Waals surface area contributed by atoms with Crippen LogP contribution in [0.2, 0.25) is 0 Å². The van der Waals surface area contributed by atoms with Crippen LogP contribution in [0.15, 0.2) is 36.4 Å². The van der Waals surface area contributed by atoms with Crippen LogP contribution in [0.4, 0.5) is 0 Å². The van der Waals surface area contributed by atoms with Crippen molar-refractivity contribution in [2.75, 3.05) is 11.5 Å². The number of thiol groups is 2. The second-order valence-corrected chi connectivity index (χ2v) is 8.49. The SMILES string of the molecule is SCCCc1ccc2c(c1)/C(=C1/CCc3ccc(CCCS)cc31)CC2. The Balaban J connectivity index is 1.70. The van der Waals surface area contributed by atoms with E-state index in [0.29, 0.717) is 0 Å². The number of hydrogen-bond acceptors (Lipinski definition) is 2. The molecule has 0 unspecified atom stereocenters. The molecule has 2 aliphatic carbocycles. The summed E-state index contributed by atoms with van der Waals surface area (Å²) < 4.78 is 0. The lowest BCUT2D eigenvalue weighted by molar-refractivity contribution is 0.934. The van der Waals surface area contributed by atoms with Crippen molar-refractivity contribution < 1.29 is 0 Å². The number of benzene rings is 2. The highest BCUT2D eigenvalue weighted by Gasteiger charge is 2.25. The minimum absolute atomic E-state index is 0.966. The molecule has 4 rings (SSSR count). The van der Waals surface area contributed by atoms with Crippen molar-refractivity contribution in [3.8, 4) is 0 Å². The summed E-state index contributed by atoms with van der Waals surface area (Å²) >= 11 is 8.74. The third-order valence-corrected chi connectivity index (χ3v) is 6.53. The van der Waals surface area contributed by atoms with Gasteiger partial charge in [-0.05, 0) is 107 Å². The summed E-state index contributed by atoms with van der Waals surface area (Å²) in [6.07, 6.45) is 9.43. The van der Waals surface area contributed by atoms with Crippen LogP contribution in [0.3, 0.4) is 0 Å². The van der Waals surface area contributed by atoms with Crippen LogP contribution in [-0.2, 0) is 25.7 Å². The van der Waals surface area contributed by atoms with Crippen molar-refractivity contribution in [1.29, 1.82) is 0 Å². The van der Waals surface area contributed by atoms with Crippen molar-refractivity contribution in [1.82, 2.24) is 0 Å². The van der Waals surface area contributed by atoms with Crippen LogP contribution >= 0.6 is 25.3 Å². The fourth-order valence-electron chi connectivity index (χ4n) is 4.54. The van der Waals surface area contributed by atoms with Gasteiger partial charge in [0.2, 0.25) is 0 Å². The first kappa shape index (κ1) is 18.3. The zero-order valence-electron chi connectivity index (χ0n) is 15.4. The van der Waals surface area contributed by atoms with E-state index in [1.807, 2.05) is 0 Å². The van der Waals surface area contributed by atoms with Crippen LogP contribution in [0.1, 0.15) is 59.1 Å². The average Bonchev–Trinajstić information content (AvgIpc) is 3.27. The lowest BCUT2D eigenvalue weighted by atomic mass is 9.94. The zero-order chi connectivity index (χ0) is 17.9. The minimum Gasteiger partial charge on any atom is -0.179 e. The summed E-state index contributed by atoms with van der Waals surface area (Å²) in [5, 5.41) is 0. The third kappa shape index (κ3) is 3.64. The van der Waals surface area contributed by atoms with E-state index in [1.165, 1.54) is 47.9 Å². The van der Waals surface area contributed by atoms with E-state index in [9.17, 15) is 0 Å². The van der Waals surface area contributed by atoms with Gasteiger partial charge in [-0.25, -0.2) is 0 Å². The first-order chi connectivity index (χ1) is 12.8. The molecule has 136 valence electrons. The number of allylic oxidation sites excluding steroid dienone is 2. The molecule has 0 nitrogen and oxygen atoms in total. The Hall–Kier alpha value is -1.12. The molecule has 0 amide bonds. The number of aryl methyl sites for hydroxylation is 4. The molecule has 0 aliphatic heterocycles. The summed E-state index contributed by atoms with van der Waals surface area (Å²) in [5.41, 5.74) is 12.3. The number of rotatable bonds is 6. The molecule has 0 saturated heterocycles. The predicted octanol–water partition coefficient (Wildman–Crippen LogP) is 6.21. The standard InChI is InChI=1S/C24H28S2/c25-13-1-3-17-5-7-19-9-11-21(23(19)15-17)22-12-10-20-8-6-18(4-2-14-26)16-24(20)22/h5-8,15-16,25-26H,1-4,9-14H2/b22-21-. The first-order valence-electron chi connectivity index (χ1n) is 9.98. The molecule has 2 heteroatoms. The molecule has 0 bridgehead atoms. The van der Waals surface area contributed by atoms with E-state index in [-0.39, 0.29) is 0 Å². The van der Waals surface area contributed by atoms with Crippen LogP contribution in [0.5, 0.6) is 0 Å². The molecule has 0 heterocycles. The van der Waals surface area contributed by atoms with Crippen molar-refractivity contribution in [2.45, 2.75) is 51.4 Å². The fraction of sp³-hybridized carbons (Fsp3) is 0.417. The summed E-state index contributed by atoms with van der Waals surface area (Å²) in [4.78, 5) is 0. The smallest absolute Gasteiger partial charge is 0.00947 e. The van der Waals surface area contributed by atoms with E-state index >= 15 is 0 Å². The van der Waals surface area contributed by atoms with E-state index in [1.54, 1.807) is 22.3 Å². The molecule has 0 spiro atoms. The van der Waals surface area contributed by atoms with Gasteiger partial charge in [-0.1, -0.05) is 36.4 Å². The quantitative estimate of drug-likeness (QED) is 0.547. The molecular formula is C24H28S2. The van der Waals surface area contributed by atoms with Gasteiger partial charge in [-0.3, -0.25) is 0 Å². The lowest BCUT2D eigenvalue weighted by Crippen LogP contribution is -1.92. The van der Waals surface area contributed by atoms with E-state index in [0.717, 1.165) is 37.2 Å². The maximum absolute atomic E-state index is 4.37. The molecule has 2 aliphatic rings. The largest absolute Gasteiger partial charge is 0.179 e. The van der Waals surface area contributed by atoms with Gasteiger partial charge < -0.3 is 0 Å². The van der Waals surface area contributed by atoms with Crippen molar-refractivity contribution in [3.05, 3.63) is 69.8 Å². The average molecular weight is 381 g/mol. The van der Waals surface area contributed by atoms with Gasteiger partial charge in [0.15, 0.2) is 0 Å². The second kappa shape index (κ2) is 8.27. The normalized spacial score (nSPS) is 18.2. The van der Waals surface area contributed by atoms with Crippen molar-refractivity contribution >= 4 is 36.4 Å². The summed E-state index contributed by atoms with van der Waals surface area (Å²) in [6.45, 7) is 0. The zero-order valence-corrected chi connectivity index (χ0v) is 17.2. The molecule has 0 saturated carbocycles. The van der Waals surface area contributed by atoms with E-state index in [2.05, 4.69) is 61.7 Å². The van der Waals surface area contributed by atoms with Crippen LogP contribution in [0.25, 0.3) is 11.1 Å². The van der Waals surface area contributed by atoms with Crippen molar-refractivity contribution in [2.24, 2.45) is 0 Å². The Morgan fingerprint density at radius 3 is 1.50 bits per heavy atom. The highest BCUT2D eigenvalue weighted by Crippen LogP contribution is 2.44. The minimum atomic E-state index is 0.966. The predicted molar refractivity (Wildman–Crippen MR) is 121 cm³/mol. The molecule has 0 aromatic heterocycles. The van der Waals surface area contributed by atoms with Gasteiger partial charge >= 0.3 is 0 Å². The summed E-state index contributed by atoms with van der Waals surface area (Å²) in [6, 6.07) is 14.3. The first-order valence-corrected chi connectivity index (χ1v) is 11.2. The van der Waals surface area contributed by atoms with Gasteiger partial charge in [-0.2, -0.15) is 25.3 Å². The Bertz CT molecular complexity index is 763. The Kier molecular flexibility index (Phi) is 5.81. The van der Waals surface area contributed by atoms with Gasteiger partial charge in [0, 0.05) is 0 Å². The van der Waals surface area contributed by atoms with Gasteiger partial charge in [0.05, 0.1) is 0 Å². The second-order valence-electron chi connectivity index (χ2n) is 7.59. The molecule has 0 fully saturated rings. The molecular weight excluding hydrogens is 352 g/mol. The van der Waals surface area contributed by atoms with Crippen LogP contribution in [0, 0.1) is 0 Å². The highest BCUT2D eigenvalue weighted by atomic mass is 32.1. The maximum Gasteiger partial charge on any atom is -0.00947 e. The topological polar surface area (TPSA) is 0 Å². The Labute approximate surface area is 168 Å². The Morgan fingerprint density at radius 1 is 0.615 bits per heavy atom. The third-order valence-electron chi connectivity index (χ3n) is 5.90. The lowest BCUT2D eigenvalue weighted by Gasteiger charge is -2.11. The molecule has 0 N–H and O–H groups in total. The van der Waals surface area contributed by atoms with Crippen LogP contribution in [-0.4, -0.2) is 11.5 Å². The van der Waals surface area contributed by atoms with Gasteiger partial charge in [0.25, 0.3) is 0 Å². The van der Waals surface area contributed by atoms with Crippen molar-refractivity contribution in [3.63, 3.8) is 0 Å². The van der Waals surface area contributed by atoms with E-state index in [4.69, 9.17) is 0 Å². The highest BCUT2D eigenvalue weighted by molar-refractivity contribution is 7.80. The number of hydrogen-bond donors (Lipinski definition) is 2.